The molecule has 30 heavy (non-hydrogen) atoms. The molecule has 4 aromatic rings. The largest absolute Gasteiger partial charge is 0.508 e. The van der Waals surface area contributed by atoms with Crippen molar-refractivity contribution in [2.24, 2.45) is 0 Å². The summed E-state index contributed by atoms with van der Waals surface area (Å²) >= 11 is 0. The van der Waals surface area contributed by atoms with E-state index in [1.54, 1.807) is 36.4 Å². The second-order valence-electron chi connectivity index (χ2n) is 7.46. The number of fused-ring (bicyclic) bond motifs is 1. The van der Waals surface area contributed by atoms with Crippen molar-refractivity contribution in [2.45, 2.75) is 20.8 Å². The van der Waals surface area contributed by atoms with Crippen LogP contribution in [0.3, 0.4) is 0 Å². The standard InChI is InChI=1S/C25H21NO4/c1-14-10-16(3)24-20(11-14)22(28)13-23(30-24)17-4-6-18(7-5-17)25(29)26-21-9-8-19(27)12-15(21)2/h4-13,27H,1-3H3,(H,26,29). The first-order valence-corrected chi connectivity index (χ1v) is 9.58. The summed E-state index contributed by atoms with van der Waals surface area (Å²) in [6, 6.07) is 16.9. The first-order chi connectivity index (χ1) is 14.3. The molecule has 0 spiro atoms. The number of nitrogens with one attached hydrogen (secondary N) is 1. The minimum Gasteiger partial charge on any atom is -0.508 e. The molecule has 5 heteroatoms. The van der Waals surface area contributed by atoms with Crippen LogP contribution in [0.15, 0.2) is 69.9 Å². The summed E-state index contributed by atoms with van der Waals surface area (Å²) in [7, 11) is 0. The molecule has 0 aliphatic heterocycles. The molecular weight excluding hydrogens is 378 g/mol. The van der Waals surface area contributed by atoms with E-state index in [2.05, 4.69) is 5.32 Å². The van der Waals surface area contributed by atoms with E-state index in [1.807, 2.05) is 32.9 Å². The van der Waals surface area contributed by atoms with Crippen LogP contribution >= 0.6 is 0 Å². The summed E-state index contributed by atoms with van der Waals surface area (Å²) in [6.07, 6.45) is 0. The summed E-state index contributed by atoms with van der Waals surface area (Å²) < 4.78 is 6.01. The average Bonchev–Trinajstić information content (AvgIpc) is 2.71. The molecule has 0 atom stereocenters. The molecule has 0 bridgehead atoms. The van der Waals surface area contributed by atoms with Crippen molar-refractivity contribution in [3.8, 4) is 17.1 Å². The number of carbonyl (C=O) groups excluding carboxylic acids is 1. The Labute approximate surface area is 173 Å². The van der Waals surface area contributed by atoms with Gasteiger partial charge >= 0.3 is 0 Å². The number of phenolic OH excluding ortho intramolecular Hbond substituents is 1. The lowest BCUT2D eigenvalue weighted by atomic mass is 10.1. The fourth-order valence-corrected chi connectivity index (χ4v) is 3.52. The van der Waals surface area contributed by atoms with Crippen molar-refractivity contribution in [2.75, 3.05) is 5.32 Å². The van der Waals surface area contributed by atoms with E-state index >= 15 is 0 Å². The number of phenols is 1. The van der Waals surface area contributed by atoms with E-state index in [0.717, 1.165) is 16.7 Å². The minimum absolute atomic E-state index is 0.0947. The van der Waals surface area contributed by atoms with Crippen molar-refractivity contribution in [3.63, 3.8) is 0 Å². The van der Waals surface area contributed by atoms with Gasteiger partial charge in [-0.25, -0.2) is 0 Å². The number of aromatic hydroxyl groups is 1. The number of anilines is 1. The quantitative estimate of drug-likeness (QED) is 0.456. The lowest BCUT2D eigenvalue weighted by molar-refractivity contribution is 0.102. The molecule has 1 aromatic heterocycles. The Bertz CT molecular complexity index is 1330. The first kappa shape index (κ1) is 19.5. The first-order valence-electron chi connectivity index (χ1n) is 9.58. The number of rotatable bonds is 3. The summed E-state index contributed by atoms with van der Waals surface area (Å²) in [5.74, 6) is 0.347. The van der Waals surface area contributed by atoms with Gasteiger partial charge in [0.1, 0.15) is 17.1 Å². The number of carbonyl (C=O) groups is 1. The van der Waals surface area contributed by atoms with Gasteiger partial charge in [-0.3, -0.25) is 9.59 Å². The Kier molecular flexibility index (Phi) is 4.88. The molecule has 0 aliphatic carbocycles. The van der Waals surface area contributed by atoms with E-state index in [0.29, 0.717) is 33.5 Å². The van der Waals surface area contributed by atoms with Crippen LogP contribution in [0.4, 0.5) is 5.69 Å². The van der Waals surface area contributed by atoms with Gasteiger partial charge in [0, 0.05) is 22.9 Å². The third-order valence-corrected chi connectivity index (χ3v) is 5.05. The van der Waals surface area contributed by atoms with Gasteiger partial charge in [-0.1, -0.05) is 18.2 Å². The predicted octanol–water partition coefficient (Wildman–Crippen LogP) is 5.34. The highest BCUT2D eigenvalue weighted by Gasteiger charge is 2.12. The maximum absolute atomic E-state index is 12.6. The fraction of sp³-hybridized carbons (Fsp3) is 0.120. The Hall–Kier alpha value is -3.86. The van der Waals surface area contributed by atoms with Gasteiger partial charge in [-0.15, -0.1) is 0 Å². The topological polar surface area (TPSA) is 79.5 Å². The molecule has 0 radical (unpaired) electrons. The van der Waals surface area contributed by atoms with E-state index < -0.39 is 0 Å². The highest BCUT2D eigenvalue weighted by molar-refractivity contribution is 6.04. The summed E-state index contributed by atoms with van der Waals surface area (Å²) in [4.78, 5) is 25.1. The monoisotopic (exact) mass is 399 g/mol. The third-order valence-electron chi connectivity index (χ3n) is 5.05. The smallest absolute Gasteiger partial charge is 0.255 e. The van der Waals surface area contributed by atoms with Crippen LogP contribution in [-0.2, 0) is 0 Å². The zero-order valence-corrected chi connectivity index (χ0v) is 16.9. The number of benzene rings is 3. The summed E-state index contributed by atoms with van der Waals surface area (Å²) in [5.41, 5.74) is 4.99. The number of hydrogen-bond donors (Lipinski definition) is 2. The maximum atomic E-state index is 12.6. The van der Waals surface area contributed by atoms with Gasteiger partial charge in [0.15, 0.2) is 5.43 Å². The number of hydrogen-bond acceptors (Lipinski definition) is 4. The van der Waals surface area contributed by atoms with Crippen LogP contribution < -0.4 is 10.7 Å². The lowest BCUT2D eigenvalue weighted by Gasteiger charge is -2.10. The summed E-state index contributed by atoms with van der Waals surface area (Å²) in [6.45, 7) is 5.67. The van der Waals surface area contributed by atoms with Gasteiger partial charge in [0.05, 0.1) is 5.39 Å². The van der Waals surface area contributed by atoms with Crippen LogP contribution in [-0.4, -0.2) is 11.0 Å². The average molecular weight is 399 g/mol. The van der Waals surface area contributed by atoms with Gasteiger partial charge in [0.25, 0.3) is 5.91 Å². The molecule has 150 valence electrons. The van der Waals surface area contributed by atoms with Crippen molar-refractivity contribution in [3.05, 3.63) is 93.1 Å². The molecule has 0 saturated carbocycles. The molecule has 4 rings (SSSR count). The molecule has 1 heterocycles. The lowest BCUT2D eigenvalue weighted by Crippen LogP contribution is -2.12. The molecule has 0 fully saturated rings. The Morgan fingerprint density at radius 2 is 1.63 bits per heavy atom. The normalized spacial score (nSPS) is 10.9. The Balaban J connectivity index is 1.63. The minimum atomic E-state index is -0.262. The van der Waals surface area contributed by atoms with Gasteiger partial charge in [-0.2, -0.15) is 0 Å². The molecule has 0 saturated heterocycles. The molecule has 3 aromatic carbocycles. The van der Waals surface area contributed by atoms with Crippen LogP contribution in [0.1, 0.15) is 27.0 Å². The molecule has 0 unspecified atom stereocenters. The Morgan fingerprint density at radius 3 is 2.33 bits per heavy atom. The molecule has 5 nitrogen and oxygen atoms in total. The van der Waals surface area contributed by atoms with E-state index in [9.17, 15) is 14.7 Å². The van der Waals surface area contributed by atoms with E-state index in [1.165, 1.54) is 12.1 Å². The van der Waals surface area contributed by atoms with Gasteiger partial charge in [0.2, 0.25) is 0 Å². The van der Waals surface area contributed by atoms with Crippen molar-refractivity contribution in [1.82, 2.24) is 0 Å². The SMILES string of the molecule is Cc1cc(C)c2oc(-c3ccc(C(=O)Nc4ccc(O)cc4C)cc3)cc(=O)c2c1. The van der Waals surface area contributed by atoms with Crippen molar-refractivity contribution < 1.29 is 14.3 Å². The van der Waals surface area contributed by atoms with Crippen molar-refractivity contribution >= 4 is 22.6 Å². The van der Waals surface area contributed by atoms with Crippen LogP contribution in [0, 0.1) is 20.8 Å². The number of amides is 1. The van der Waals surface area contributed by atoms with Crippen molar-refractivity contribution in [1.29, 1.82) is 0 Å². The predicted molar refractivity (Wildman–Crippen MR) is 118 cm³/mol. The third kappa shape index (κ3) is 3.70. The molecule has 0 aliphatic rings. The molecule has 2 N–H and O–H groups in total. The zero-order valence-electron chi connectivity index (χ0n) is 16.9. The molecule has 1 amide bonds. The van der Waals surface area contributed by atoms with Crippen LogP contribution in [0.5, 0.6) is 5.75 Å². The zero-order chi connectivity index (χ0) is 21.4. The second kappa shape index (κ2) is 7.52. The van der Waals surface area contributed by atoms with Crippen LogP contribution in [0.25, 0.3) is 22.3 Å². The maximum Gasteiger partial charge on any atom is 0.255 e. The van der Waals surface area contributed by atoms with E-state index in [-0.39, 0.29) is 17.1 Å². The second-order valence-corrected chi connectivity index (χ2v) is 7.46. The highest BCUT2D eigenvalue weighted by atomic mass is 16.3. The molecular formula is C25H21NO4. The number of aryl methyl sites for hydroxylation is 3. The summed E-state index contributed by atoms with van der Waals surface area (Å²) in [5, 5.41) is 12.9. The fourth-order valence-electron chi connectivity index (χ4n) is 3.52. The Morgan fingerprint density at radius 1 is 0.900 bits per heavy atom. The van der Waals surface area contributed by atoms with Crippen LogP contribution in [0.2, 0.25) is 0 Å². The van der Waals surface area contributed by atoms with Gasteiger partial charge in [-0.05, 0) is 73.9 Å². The highest BCUT2D eigenvalue weighted by Crippen LogP contribution is 2.26. The van der Waals surface area contributed by atoms with E-state index in [4.69, 9.17) is 4.42 Å². The van der Waals surface area contributed by atoms with Gasteiger partial charge < -0.3 is 14.8 Å².